The molecule has 16 heavy (non-hydrogen) atoms. The molecule has 0 aromatic heterocycles. The molecule has 0 spiro atoms. The fraction of sp³-hybridized carbons (Fsp3) is 0.818. The largest absolute Gasteiger partial charge is 0.329 e. The van der Waals surface area contributed by atoms with E-state index in [-0.39, 0.29) is 0 Å². The molecule has 0 amide bonds. The molecular formula is C11H25N3O2. The molecule has 96 valence electrons. The second kappa shape index (κ2) is 16.6. The standard InChI is InChI=1S/C6H10O.C4H13N3.CH2O/c7-6-4-2-1-3-5-6;5-1-3-7-4-2-6;1-2/h1-5H2;7H,1-6H2;1H2. The lowest BCUT2D eigenvalue weighted by molar-refractivity contribution is -0.120. The zero-order valence-corrected chi connectivity index (χ0v) is 10.0. The molecule has 5 N–H and O–H groups in total. The van der Waals surface area contributed by atoms with Gasteiger partial charge in [-0.05, 0) is 12.8 Å². The number of carbonyl (C=O) groups is 2. The summed E-state index contributed by atoms with van der Waals surface area (Å²) in [7, 11) is 0. The summed E-state index contributed by atoms with van der Waals surface area (Å²) in [5.41, 5.74) is 10.3. The molecule has 1 rings (SSSR count). The Morgan fingerprint density at radius 2 is 1.44 bits per heavy atom. The van der Waals surface area contributed by atoms with E-state index in [2.05, 4.69) is 5.32 Å². The van der Waals surface area contributed by atoms with Crippen molar-refractivity contribution >= 4 is 12.6 Å². The molecule has 5 heteroatoms. The van der Waals surface area contributed by atoms with E-state index in [1.807, 2.05) is 6.79 Å². The zero-order chi connectivity index (χ0) is 12.6. The summed E-state index contributed by atoms with van der Waals surface area (Å²) >= 11 is 0. The average molecular weight is 231 g/mol. The lowest BCUT2D eigenvalue weighted by Crippen LogP contribution is -2.27. The van der Waals surface area contributed by atoms with Gasteiger partial charge in [-0.15, -0.1) is 0 Å². The maximum Gasteiger partial charge on any atom is 0.132 e. The molecule has 0 radical (unpaired) electrons. The van der Waals surface area contributed by atoms with Crippen LogP contribution in [0.1, 0.15) is 32.1 Å². The molecule has 0 aromatic carbocycles. The highest BCUT2D eigenvalue weighted by molar-refractivity contribution is 5.78. The van der Waals surface area contributed by atoms with Crippen LogP contribution >= 0.6 is 0 Å². The lowest BCUT2D eigenvalue weighted by Gasteiger charge is -2.05. The molecule has 0 unspecified atom stereocenters. The minimum absolute atomic E-state index is 0.464. The Morgan fingerprint density at radius 3 is 1.69 bits per heavy atom. The summed E-state index contributed by atoms with van der Waals surface area (Å²) < 4.78 is 0. The molecule has 0 aromatic rings. The third kappa shape index (κ3) is 15.7. The number of rotatable bonds is 4. The maximum atomic E-state index is 10.5. The van der Waals surface area contributed by atoms with Crippen molar-refractivity contribution in [1.82, 2.24) is 5.32 Å². The molecule has 0 aliphatic heterocycles. The van der Waals surface area contributed by atoms with Crippen molar-refractivity contribution in [2.45, 2.75) is 32.1 Å². The van der Waals surface area contributed by atoms with Crippen LogP contribution in [0.2, 0.25) is 0 Å². The van der Waals surface area contributed by atoms with E-state index in [1.165, 1.54) is 6.42 Å². The van der Waals surface area contributed by atoms with Crippen LogP contribution < -0.4 is 16.8 Å². The van der Waals surface area contributed by atoms with Gasteiger partial charge in [0.1, 0.15) is 12.6 Å². The predicted octanol–water partition coefficient (Wildman–Crippen LogP) is -0.172. The minimum Gasteiger partial charge on any atom is -0.329 e. The van der Waals surface area contributed by atoms with Gasteiger partial charge in [-0.2, -0.15) is 0 Å². The Bertz CT molecular complexity index is 142. The first-order valence-electron chi connectivity index (χ1n) is 5.72. The van der Waals surface area contributed by atoms with E-state index in [1.54, 1.807) is 0 Å². The van der Waals surface area contributed by atoms with Gasteiger partial charge >= 0.3 is 0 Å². The van der Waals surface area contributed by atoms with Crippen LogP contribution in [0.4, 0.5) is 0 Å². The van der Waals surface area contributed by atoms with E-state index in [0.29, 0.717) is 18.9 Å². The lowest BCUT2D eigenvalue weighted by atomic mass is 10.00. The van der Waals surface area contributed by atoms with E-state index in [0.717, 1.165) is 38.8 Å². The number of nitrogens with two attached hydrogens (primary N) is 2. The van der Waals surface area contributed by atoms with Gasteiger partial charge in [0.25, 0.3) is 0 Å². The van der Waals surface area contributed by atoms with Crippen molar-refractivity contribution in [3.05, 3.63) is 0 Å². The number of nitrogens with one attached hydrogen (secondary N) is 1. The molecule has 0 heterocycles. The van der Waals surface area contributed by atoms with E-state index in [9.17, 15) is 4.79 Å². The van der Waals surface area contributed by atoms with Crippen LogP contribution in [0, 0.1) is 0 Å². The van der Waals surface area contributed by atoms with Gasteiger partial charge in [0, 0.05) is 39.0 Å². The summed E-state index contributed by atoms with van der Waals surface area (Å²) in [5, 5.41) is 3.03. The average Bonchev–Trinajstić information content (AvgIpc) is 2.34. The summed E-state index contributed by atoms with van der Waals surface area (Å²) in [5.74, 6) is 0.464. The van der Waals surface area contributed by atoms with Gasteiger partial charge in [0.05, 0.1) is 0 Å². The number of ketones is 1. The van der Waals surface area contributed by atoms with Gasteiger partial charge in [-0.3, -0.25) is 4.79 Å². The van der Waals surface area contributed by atoms with Crippen LogP contribution in [-0.4, -0.2) is 38.8 Å². The maximum absolute atomic E-state index is 10.5. The van der Waals surface area contributed by atoms with Crippen LogP contribution in [0.3, 0.4) is 0 Å². The SMILES string of the molecule is C=O.NCCNCCN.O=C1CCCCC1. The fourth-order valence-electron chi connectivity index (χ4n) is 1.28. The summed E-state index contributed by atoms with van der Waals surface area (Å²) in [6.07, 6.45) is 5.24. The highest BCUT2D eigenvalue weighted by atomic mass is 16.1. The van der Waals surface area contributed by atoms with Crippen molar-refractivity contribution in [3.8, 4) is 0 Å². The first-order chi connectivity index (χ1) is 7.81. The molecule has 1 fully saturated rings. The minimum atomic E-state index is 0.464. The van der Waals surface area contributed by atoms with Crippen molar-refractivity contribution in [2.24, 2.45) is 11.5 Å². The van der Waals surface area contributed by atoms with Crippen LogP contribution in [0.15, 0.2) is 0 Å². The van der Waals surface area contributed by atoms with Crippen molar-refractivity contribution in [2.75, 3.05) is 26.2 Å². The van der Waals surface area contributed by atoms with Gasteiger partial charge in [0.15, 0.2) is 0 Å². The van der Waals surface area contributed by atoms with Crippen LogP contribution in [0.25, 0.3) is 0 Å². The first-order valence-corrected chi connectivity index (χ1v) is 5.72. The molecule has 1 aliphatic rings. The third-order valence-electron chi connectivity index (χ3n) is 2.05. The van der Waals surface area contributed by atoms with E-state index in [4.69, 9.17) is 16.3 Å². The Hall–Kier alpha value is -0.780. The Kier molecular flexibility index (Phi) is 18.3. The molecule has 1 saturated carbocycles. The molecule has 1 aliphatic carbocycles. The van der Waals surface area contributed by atoms with Crippen LogP contribution in [-0.2, 0) is 9.59 Å². The summed E-state index contributed by atoms with van der Waals surface area (Å²) in [6.45, 7) is 5.13. The smallest absolute Gasteiger partial charge is 0.132 e. The fourth-order valence-corrected chi connectivity index (χ4v) is 1.28. The van der Waals surface area contributed by atoms with Crippen molar-refractivity contribution in [3.63, 3.8) is 0 Å². The Morgan fingerprint density at radius 1 is 1.00 bits per heavy atom. The Labute approximate surface area is 97.9 Å². The third-order valence-corrected chi connectivity index (χ3v) is 2.05. The summed E-state index contributed by atoms with van der Waals surface area (Å²) in [6, 6.07) is 0. The highest BCUT2D eigenvalue weighted by Gasteiger charge is 2.05. The monoisotopic (exact) mass is 231 g/mol. The van der Waals surface area contributed by atoms with E-state index < -0.39 is 0 Å². The topological polar surface area (TPSA) is 98.2 Å². The number of hydrogen-bond acceptors (Lipinski definition) is 5. The first kappa shape index (κ1) is 17.6. The number of hydrogen-bond donors (Lipinski definition) is 3. The molecular weight excluding hydrogens is 206 g/mol. The van der Waals surface area contributed by atoms with Gasteiger partial charge < -0.3 is 21.6 Å². The molecule has 0 bridgehead atoms. The Balaban J connectivity index is 0. The second-order valence-corrected chi connectivity index (χ2v) is 3.43. The quantitative estimate of drug-likeness (QED) is 0.583. The second-order valence-electron chi connectivity index (χ2n) is 3.43. The van der Waals surface area contributed by atoms with Gasteiger partial charge in [-0.25, -0.2) is 0 Å². The van der Waals surface area contributed by atoms with Gasteiger partial charge in [-0.1, -0.05) is 6.42 Å². The predicted molar refractivity (Wildman–Crippen MR) is 66.2 cm³/mol. The molecule has 0 saturated heterocycles. The highest BCUT2D eigenvalue weighted by Crippen LogP contribution is 2.12. The van der Waals surface area contributed by atoms with E-state index >= 15 is 0 Å². The number of carbonyl (C=O) groups excluding carboxylic acids is 2. The molecule has 5 nitrogen and oxygen atoms in total. The summed E-state index contributed by atoms with van der Waals surface area (Å²) in [4.78, 5) is 18.5. The normalized spacial score (nSPS) is 14.2. The zero-order valence-electron chi connectivity index (χ0n) is 10.0. The van der Waals surface area contributed by atoms with Crippen molar-refractivity contribution in [1.29, 1.82) is 0 Å². The van der Waals surface area contributed by atoms with Crippen molar-refractivity contribution < 1.29 is 9.59 Å². The molecule has 0 atom stereocenters. The van der Waals surface area contributed by atoms with Gasteiger partial charge in [0.2, 0.25) is 0 Å². The number of Topliss-reactive ketones (excluding diaryl/α,β-unsaturated/α-hetero) is 1. The van der Waals surface area contributed by atoms with Crippen LogP contribution in [0.5, 0.6) is 0 Å².